The number of hydrazine groups is 1. The number of rotatable bonds is 4. The Morgan fingerprint density at radius 1 is 1.39 bits per heavy atom. The van der Waals surface area contributed by atoms with Gasteiger partial charge in [0.15, 0.2) is 0 Å². The Morgan fingerprint density at radius 3 is 2.72 bits per heavy atom. The van der Waals surface area contributed by atoms with Crippen LogP contribution < -0.4 is 16.0 Å². The summed E-state index contributed by atoms with van der Waals surface area (Å²) < 4.78 is 6.79. The van der Waals surface area contributed by atoms with Crippen molar-refractivity contribution in [1.82, 2.24) is 24.7 Å². The highest BCUT2D eigenvalue weighted by atomic mass is 35.5. The number of nitrogen functional groups attached to an aromatic ring is 1. The van der Waals surface area contributed by atoms with Gasteiger partial charge in [0.1, 0.15) is 0 Å². The average Bonchev–Trinajstić information content (AvgIpc) is 2.74. The van der Waals surface area contributed by atoms with Gasteiger partial charge in [-0.25, -0.2) is 10.5 Å². The van der Waals surface area contributed by atoms with Crippen molar-refractivity contribution in [1.29, 1.82) is 0 Å². The summed E-state index contributed by atoms with van der Waals surface area (Å²) in [4.78, 5) is 12.1. The number of aromatic nitrogens is 5. The molecule has 3 N–H and O–H groups in total. The molecule has 0 radical (unpaired) electrons. The molecule has 96 valence electrons. The van der Waals surface area contributed by atoms with Crippen LogP contribution in [-0.2, 0) is 0 Å². The molecule has 0 aromatic carbocycles. The predicted molar refractivity (Wildman–Crippen MR) is 65.5 cm³/mol. The van der Waals surface area contributed by atoms with E-state index in [1.54, 1.807) is 6.20 Å². The van der Waals surface area contributed by atoms with Gasteiger partial charge in [0.05, 0.1) is 23.5 Å². The van der Waals surface area contributed by atoms with Gasteiger partial charge in [-0.1, -0.05) is 11.6 Å². The summed E-state index contributed by atoms with van der Waals surface area (Å²) in [5, 5.41) is 4.47. The molecule has 0 fully saturated rings. The number of anilines is 1. The first-order valence-corrected chi connectivity index (χ1v) is 5.56. The van der Waals surface area contributed by atoms with E-state index in [0.29, 0.717) is 5.02 Å². The SMILES string of the molecule is CC(C)Oc1nc(NN)nc(-n2cc(Cl)cn2)n1. The number of halogens is 1. The first-order chi connectivity index (χ1) is 8.58. The number of nitrogens with one attached hydrogen (secondary N) is 1. The van der Waals surface area contributed by atoms with Crippen LogP contribution in [-0.4, -0.2) is 30.8 Å². The zero-order valence-corrected chi connectivity index (χ0v) is 10.6. The maximum Gasteiger partial charge on any atom is 0.323 e. The molecule has 0 unspecified atom stereocenters. The summed E-state index contributed by atoms with van der Waals surface area (Å²) >= 11 is 5.78. The van der Waals surface area contributed by atoms with Crippen molar-refractivity contribution in [3.05, 3.63) is 17.4 Å². The Kier molecular flexibility index (Phi) is 3.58. The number of nitrogens with zero attached hydrogens (tertiary/aromatic N) is 5. The number of nitrogens with two attached hydrogens (primary N) is 1. The first-order valence-electron chi connectivity index (χ1n) is 5.18. The molecule has 2 heterocycles. The lowest BCUT2D eigenvalue weighted by Crippen LogP contribution is -2.16. The first kappa shape index (κ1) is 12.5. The molecular weight excluding hydrogens is 258 g/mol. The molecule has 18 heavy (non-hydrogen) atoms. The van der Waals surface area contributed by atoms with Crippen molar-refractivity contribution in [2.75, 3.05) is 5.43 Å². The third kappa shape index (κ3) is 2.84. The van der Waals surface area contributed by atoms with Crippen LogP contribution in [0.4, 0.5) is 5.95 Å². The van der Waals surface area contributed by atoms with Gasteiger partial charge in [-0.3, -0.25) is 5.43 Å². The van der Waals surface area contributed by atoms with Crippen LogP contribution in [0.2, 0.25) is 5.02 Å². The summed E-state index contributed by atoms with van der Waals surface area (Å²) in [6.07, 6.45) is 2.98. The second-order valence-electron chi connectivity index (χ2n) is 3.66. The number of hydrogen-bond donors (Lipinski definition) is 2. The van der Waals surface area contributed by atoms with E-state index in [0.717, 1.165) is 0 Å². The van der Waals surface area contributed by atoms with E-state index in [9.17, 15) is 0 Å². The van der Waals surface area contributed by atoms with Gasteiger partial charge in [0.2, 0.25) is 5.95 Å². The van der Waals surface area contributed by atoms with Gasteiger partial charge in [-0.05, 0) is 13.8 Å². The summed E-state index contributed by atoms with van der Waals surface area (Å²) in [5.41, 5.74) is 2.34. The van der Waals surface area contributed by atoms with Gasteiger partial charge in [0, 0.05) is 0 Å². The van der Waals surface area contributed by atoms with Crippen LogP contribution in [0.5, 0.6) is 6.01 Å². The summed E-state index contributed by atoms with van der Waals surface area (Å²) in [6.45, 7) is 3.73. The second kappa shape index (κ2) is 5.15. The molecule has 0 amide bonds. The lowest BCUT2D eigenvalue weighted by molar-refractivity contribution is 0.221. The summed E-state index contributed by atoms with van der Waals surface area (Å²) in [6, 6.07) is 0.162. The van der Waals surface area contributed by atoms with E-state index in [2.05, 4.69) is 25.5 Å². The lowest BCUT2D eigenvalue weighted by atomic mass is 10.5. The molecule has 0 aliphatic carbocycles. The Hall–Kier alpha value is -1.93. The Bertz CT molecular complexity index is 541. The van der Waals surface area contributed by atoms with E-state index in [1.807, 2.05) is 13.8 Å². The Labute approximate surface area is 108 Å². The largest absolute Gasteiger partial charge is 0.461 e. The quantitative estimate of drug-likeness (QED) is 0.624. The predicted octanol–water partition coefficient (Wildman–Crippen LogP) is 0.783. The molecule has 9 heteroatoms. The summed E-state index contributed by atoms with van der Waals surface area (Å²) in [5.74, 6) is 5.73. The lowest BCUT2D eigenvalue weighted by Gasteiger charge is -2.09. The van der Waals surface area contributed by atoms with Crippen LogP contribution in [0.1, 0.15) is 13.8 Å². The molecule has 0 bridgehead atoms. The number of hydrogen-bond acceptors (Lipinski definition) is 7. The van der Waals surface area contributed by atoms with Crippen molar-refractivity contribution < 1.29 is 4.74 Å². The fraction of sp³-hybridized carbons (Fsp3) is 0.333. The normalized spacial score (nSPS) is 10.7. The fourth-order valence-corrected chi connectivity index (χ4v) is 1.32. The molecule has 2 aromatic rings. The average molecular weight is 270 g/mol. The van der Waals surface area contributed by atoms with Crippen molar-refractivity contribution >= 4 is 17.5 Å². The zero-order chi connectivity index (χ0) is 13.1. The topological polar surface area (TPSA) is 104 Å². The van der Waals surface area contributed by atoms with E-state index < -0.39 is 0 Å². The van der Waals surface area contributed by atoms with Crippen LogP contribution in [0.25, 0.3) is 5.95 Å². The van der Waals surface area contributed by atoms with E-state index in [-0.39, 0.29) is 24.0 Å². The van der Waals surface area contributed by atoms with Gasteiger partial charge in [-0.15, -0.1) is 0 Å². The third-order valence-electron chi connectivity index (χ3n) is 1.83. The number of ether oxygens (including phenoxy) is 1. The Morgan fingerprint density at radius 2 is 2.17 bits per heavy atom. The molecule has 0 aliphatic rings. The minimum absolute atomic E-state index is 0.0629. The zero-order valence-electron chi connectivity index (χ0n) is 9.83. The Balaban J connectivity index is 2.40. The molecule has 8 nitrogen and oxygen atoms in total. The maximum absolute atomic E-state index is 5.78. The molecule has 2 aromatic heterocycles. The van der Waals surface area contributed by atoms with Crippen LogP contribution in [0.15, 0.2) is 12.4 Å². The van der Waals surface area contributed by atoms with Gasteiger partial charge in [0.25, 0.3) is 5.95 Å². The summed E-state index contributed by atoms with van der Waals surface area (Å²) in [7, 11) is 0. The monoisotopic (exact) mass is 269 g/mol. The minimum Gasteiger partial charge on any atom is -0.461 e. The van der Waals surface area contributed by atoms with E-state index >= 15 is 0 Å². The molecule has 0 aliphatic heterocycles. The molecule has 0 atom stereocenters. The van der Waals surface area contributed by atoms with Crippen molar-refractivity contribution in [3.63, 3.8) is 0 Å². The molecule has 0 spiro atoms. The standard InChI is InChI=1S/C9H12ClN7O/c1-5(2)18-9-14-7(16-11)13-8(15-9)17-4-6(10)3-12-17/h3-5H,11H2,1-2H3,(H,13,14,15,16). The van der Waals surface area contributed by atoms with E-state index in [1.165, 1.54) is 10.9 Å². The molecule has 2 rings (SSSR count). The minimum atomic E-state index is -0.0629. The smallest absolute Gasteiger partial charge is 0.323 e. The molecule has 0 saturated heterocycles. The highest BCUT2D eigenvalue weighted by Gasteiger charge is 2.10. The second-order valence-corrected chi connectivity index (χ2v) is 4.09. The van der Waals surface area contributed by atoms with Crippen LogP contribution in [0.3, 0.4) is 0 Å². The van der Waals surface area contributed by atoms with Crippen molar-refractivity contribution in [2.45, 2.75) is 20.0 Å². The van der Waals surface area contributed by atoms with E-state index in [4.69, 9.17) is 22.2 Å². The van der Waals surface area contributed by atoms with Crippen LogP contribution >= 0.6 is 11.6 Å². The van der Waals surface area contributed by atoms with Crippen molar-refractivity contribution in [3.8, 4) is 12.0 Å². The van der Waals surface area contributed by atoms with Gasteiger partial charge in [-0.2, -0.15) is 20.1 Å². The third-order valence-corrected chi connectivity index (χ3v) is 2.02. The van der Waals surface area contributed by atoms with Crippen LogP contribution in [0, 0.1) is 0 Å². The molecular formula is C9H12ClN7O. The maximum atomic E-state index is 5.78. The van der Waals surface area contributed by atoms with Crippen molar-refractivity contribution in [2.24, 2.45) is 5.84 Å². The van der Waals surface area contributed by atoms with Gasteiger partial charge < -0.3 is 4.74 Å². The fourth-order valence-electron chi connectivity index (χ4n) is 1.19. The molecule has 0 saturated carbocycles. The van der Waals surface area contributed by atoms with Gasteiger partial charge >= 0.3 is 6.01 Å². The highest BCUT2D eigenvalue weighted by Crippen LogP contribution is 2.13. The highest BCUT2D eigenvalue weighted by molar-refractivity contribution is 6.30.